The van der Waals surface area contributed by atoms with Crippen LogP contribution in [0.25, 0.3) is 5.78 Å². The molecule has 0 fully saturated rings. The molecule has 6 nitrogen and oxygen atoms in total. The fourth-order valence-corrected chi connectivity index (χ4v) is 2.43. The minimum Gasteiger partial charge on any atom is -0.439 e. The standard InChI is InChI=1S/C19H17N5O/c1-14-3-8-18(22-11-14)25-17-6-4-15(5-7-17)21-12-16-13-24-10-2-9-20-19(24)23-16/h2-11,13,21H,12H2,1H3. The van der Waals surface area contributed by atoms with Gasteiger partial charge in [-0.2, -0.15) is 0 Å². The number of aromatic nitrogens is 4. The summed E-state index contributed by atoms with van der Waals surface area (Å²) in [5, 5.41) is 3.35. The topological polar surface area (TPSA) is 64.3 Å². The van der Waals surface area contributed by atoms with Gasteiger partial charge in [-0.15, -0.1) is 0 Å². The molecule has 0 aliphatic carbocycles. The van der Waals surface area contributed by atoms with Crippen molar-refractivity contribution in [1.82, 2.24) is 19.4 Å². The van der Waals surface area contributed by atoms with Gasteiger partial charge >= 0.3 is 0 Å². The van der Waals surface area contributed by atoms with Crippen LogP contribution in [0.2, 0.25) is 0 Å². The van der Waals surface area contributed by atoms with E-state index in [0.717, 1.165) is 22.7 Å². The molecule has 4 rings (SSSR count). The van der Waals surface area contributed by atoms with Crippen LogP contribution < -0.4 is 10.1 Å². The molecule has 4 aromatic rings. The minimum atomic E-state index is 0.587. The van der Waals surface area contributed by atoms with Crippen LogP contribution >= 0.6 is 0 Å². The van der Waals surface area contributed by atoms with Crippen LogP contribution in [0.4, 0.5) is 5.69 Å². The second-order valence-electron chi connectivity index (χ2n) is 5.71. The van der Waals surface area contributed by atoms with Crippen molar-refractivity contribution in [3.05, 3.63) is 78.5 Å². The first-order chi connectivity index (χ1) is 12.3. The highest BCUT2D eigenvalue weighted by Crippen LogP contribution is 2.21. The highest BCUT2D eigenvalue weighted by Gasteiger charge is 2.03. The van der Waals surface area contributed by atoms with Gasteiger partial charge in [0, 0.05) is 36.5 Å². The first-order valence-corrected chi connectivity index (χ1v) is 7.99. The van der Waals surface area contributed by atoms with Crippen LogP contribution in [0.3, 0.4) is 0 Å². The van der Waals surface area contributed by atoms with E-state index in [1.807, 2.05) is 66.2 Å². The first-order valence-electron chi connectivity index (χ1n) is 7.99. The predicted molar refractivity (Wildman–Crippen MR) is 95.8 cm³/mol. The minimum absolute atomic E-state index is 0.587. The van der Waals surface area contributed by atoms with Crippen molar-refractivity contribution >= 4 is 11.5 Å². The summed E-state index contributed by atoms with van der Waals surface area (Å²) >= 11 is 0. The van der Waals surface area contributed by atoms with Gasteiger partial charge in [0.1, 0.15) is 5.75 Å². The molecule has 0 radical (unpaired) electrons. The van der Waals surface area contributed by atoms with E-state index in [1.165, 1.54) is 0 Å². The van der Waals surface area contributed by atoms with Crippen molar-refractivity contribution in [1.29, 1.82) is 0 Å². The van der Waals surface area contributed by atoms with E-state index >= 15 is 0 Å². The third-order valence-corrected chi connectivity index (χ3v) is 3.72. The summed E-state index contributed by atoms with van der Waals surface area (Å²) < 4.78 is 7.63. The molecule has 0 aliphatic rings. The van der Waals surface area contributed by atoms with Gasteiger partial charge in [-0.1, -0.05) is 6.07 Å². The Bertz CT molecular complexity index is 944. The Hall–Kier alpha value is -3.41. The molecule has 0 unspecified atom stereocenters. The van der Waals surface area contributed by atoms with Gasteiger partial charge in [0.2, 0.25) is 11.7 Å². The summed E-state index contributed by atoms with van der Waals surface area (Å²) in [5.41, 5.74) is 3.03. The average Bonchev–Trinajstić information content (AvgIpc) is 3.06. The number of imidazole rings is 1. The van der Waals surface area contributed by atoms with Gasteiger partial charge in [0.15, 0.2) is 0 Å². The van der Waals surface area contributed by atoms with E-state index < -0.39 is 0 Å². The second-order valence-corrected chi connectivity index (χ2v) is 5.71. The Kier molecular flexibility index (Phi) is 4.00. The Labute approximate surface area is 145 Å². The third-order valence-electron chi connectivity index (χ3n) is 3.72. The molecule has 3 aromatic heterocycles. The smallest absolute Gasteiger partial charge is 0.233 e. The zero-order chi connectivity index (χ0) is 17.1. The van der Waals surface area contributed by atoms with Crippen LogP contribution in [-0.2, 0) is 6.54 Å². The lowest BCUT2D eigenvalue weighted by atomic mass is 10.3. The molecule has 6 heteroatoms. The number of aryl methyl sites for hydroxylation is 1. The Morgan fingerprint density at radius 3 is 2.72 bits per heavy atom. The molecule has 1 N–H and O–H groups in total. The van der Waals surface area contributed by atoms with Gasteiger partial charge in [0.25, 0.3) is 0 Å². The van der Waals surface area contributed by atoms with Gasteiger partial charge in [0.05, 0.1) is 12.2 Å². The maximum absolute atomic E-state index is 5.73. The lowest BCUT2D eigenvalue weighted by molar-refractivity contribution is 0.463. The fraction of sp³-hybridized carbons (Fsp3) is 0.105. The second kappa shape index (κ2) is 6.60. The van der Waals surface area contributed by atoms with Gasteiger partial charge in [-0.25, -0.2) is 15.0 Å². The summed E-state index contributed by atoms with van der Waals surface area (Å²) in [7, 11) is 0. The maximum atomic E-state index is 5.73. The zero-order valence-corrected chi connectivity index (χ0v) is 13.8. The number of pyridine rings is 1. The lowest BCUT2D eigenvalue weighted by Crippen LogP contribution is -1.99. The largest absolute Gasteiger partial charge is 0.439 e. The van der Waals surface area contributed by atoms with Crippen molar-refractivity contribution < 1.29 is 4.74 Å². The van der Waals surface area contributed by atoms with E-state index in [9.17, 15) is 0 Å². The summed E-state index contributed by atoms with van der Waals surface area (Å²) in [6.45, 7) is 2.62. The Morgan fingerprint density at radius 1 is 1.08 bits per heavy atom. The van der Waals surface area contributed by atoms with Crippen molar-refractivity contribution in [2.24, 2.45) is 0 Å². The summed E-state index contributed by atoms with van der Waals surface area (Å²) in [5.74, 6) is 2.04. The number of hydrogen-bond acceptors (Lipinski definition) is 5. The lowest BCUT2D eigenvalue weighted by Gasteiger charge is -2.07. The molecule has 0 amide bonds. The van der Waals surface area contributed by atoms with Crippen molar-refractivity contribution in [2.45, 2.75) is 13.5 Å². The molecule has 1 aromatic carbocycles. The summed E-state index contributed by atoms with van der Waals surface area (Å²) in [6.07, 6.45) is 7.43. The highest BCUT2D eigenvalue weighted by molar-refractivity contribution is 5.47. The quantitative estimate of drug-likeness (QED) is 0.602. The number of nitrogens with zero attached hydrogens (tertiary/aromatic N) is 4. The molecule has 0 spiro atoms. The van der Waals surface area contributed by atoms with E-state index in [4.69, 9.17) is 4.74 Å². The molecule has 0 saturated heterocycles. The molecule has 25 heavy (non-hydrogen) atoms. The number of hydrogen-bond donors (Lipinski definition) is 1. The molecule has 124 valence electrons. The Morgan fingerprint density at radius 2 is 1.96 bits per heavy atom. The maximum Gasteiger partial charge on any atom is 0.233 e. The van der Waals surface area contributed by atoms with E-state index in [0.29, 0.717) is 18.2 Å². The normalized spacial score (nSPS) is 10.8. The van der Waals surface area contributed by atoms with Crippen LogP contribution in [-0.4, -0.2) is 19.4 Å². The van der Waals surface area contributed by atoms with E-state index in [-0.39, 0.29) is 0 Å². The SMILES string of the molecule is Cc1ccc(Oc2ccc(NCc3cn4cccnc4n3)cc2)nc1. The summed E-state index contributed by atoms with van der Waals surface area (Å²) in [6, 6.07) is 13.5. The summed E-state index contributed by atoms with van der Waals surface area (Å²) in [4.78, 5) is 12.9. The van der Waals surface area contributed by atoms with Gasteiger partial charge in [-0.05, 0) is 42.8 Å². The number of benzene rings is 1. The molecule has 0 saturated carbocycles. The Balaban J connectivity index is 1.39. The van der Waals surface area contributed by atoms with Crippen LogP contribution in [0.5, 0.6) is 11.6 Å². The molecule has 0 aliphatic heterocycles. The molecule has 0 atom stereocenters. The predicted octanol–water partition coefficient (Wildman–Crippen LogP) is 3.84. The van der Waals surface area contributed by atoms with Crippen LogP contribution in [0.15, 0.2) is 67.3 Å². The van der Waals surface area contributed by atoms with Crippen LogP contribution in [0.1, 0.15) is 11.3 Å². The zero-order valence-electron chi connectivity index (χ0n) is 13.8. The molecule has 0 bridgehead atoms. The number of nitrogens with one attached hydrogen (secondary N) is 1. The number of fused-ring (bicyclic) bond motifs is 1. The van der Waals surface area contributed by atoms with E-state index in [2.05, 4.69) is 20.3 Å². The number of rotatable bonds is 5. The van der Waals surface area contributed by atoms with E-state index in [1.54, 1.807) is 12.4 Å². The first kappa shape index (κ1) is 15.1. The third kappa shape index (κ3) is 3.58. The van der Waals surface area contributed by atoms with Crippen molar-refractivity contribution in [2.75, 3.05) is 5.32 Å². The molecular weight excluding hydrogens is 314 g/mol. The molecule has 3 heterocycles. The highest BCUT2D eigenvalue weighted by atomic mass is 16.5. The monoisotopic (exact) mass is 331 g/mol. The fourth-order valence-electron chi connectivity index (χ4n) is 2.43. The average molecular weight is 331 g/mol. The van der Waals surface area contributed by atoms with Crippen LogP contribution in [0, 0.1) is 6.92 Å². The van der Waals surface area contributed by atoms with Crippen molar-refractivity contribution in [3.8, 4) is 11.6 Å². The molecular formula is C19H17N5O. The number of anilines is 1. The van der Waals surface area contributed by atoms with Gasteiger partial charge < -0.3 is 10.1 Å². The van der Waals surface area contributed by atoms with Crippen molar-refractivity contribution in [3.63, 3.8) is 0 Å². The van der Waals surface area contributed by atoms with Gasteiger partial charge in [-0.3, -0.25) is 4.40 Å². The number of ether oxygens (including phenoxy) is 1.